The molecule has 1 saturated heterocycles. The number of rotatable bonds is 2. The van der Waals surface area contributed by atoms with Crippen molar-refractivity contribution in [2.75, 3.05) is 13.1 Å². The normalized spacial score (nSPS) is 25.9. The van der Waals surface area contributed by atoms with E-state index in [0.29, 0.717) is 6.04 Å². The maximum Gasteiger partial charge on any atom is 0.0796 e. The van der Waals surface area contributed by atoms with Gasteiger partial charge in [-0.1, -0.05) is 12.1 Å². The Morgan fingerprint density at radius 3 is 2.75 bits per heavy atom. The van der Waals surface area contributed by atoms with Gasteiger partial charge in [-0.25, -0.2) is 4.68 Å². The second-order valence-corrected chi connectivity index (χ2v) is 5.38. The van der Waals surface area contributed by atoms with Crippen molar-refractivity contribution in [3.63, 3.8) is 0 Å². The first-order valence-electron chi connectivity index (χ1n) is 6.16. The van der Waals surface area contributed by atoms with Crippen molar-refractivity contribution in [3.8, 4) is 0 Å². The maximum atomic E-state index is 4.20. The highest BCUT2D eigenvalue weighted by Gasteiger charge is 2.34. The molecule has 0 aromatic carbocycles. The first-order chi connectivity index (χ1) is 7.53. The summed E-state index contributed by atoms with van der Waals surface area (Å²) < 4.78 is 2.05. The molecule has 0 bridgehead atoms. The zero-order chi connectivity index (χ0) is 11.8. The Bertz CT molecular complexity index is 356. The second-order valence-electron chi connectivity index (χ2n) is 5.38. The first-order valence-corrected chi connectivity index (χ1v) is 6.16. The van der Waals surface area contributed by atoms with Crippen LogP contribution in [0.4, 0.5) is 0 Å². The van der Waals surface area contributed by atoms with Crippen molar-refractivity contribution in [2.24, 2.45) is 0 Å². The van der Waals surface area contributed by atoms with Gasteiger partial charge in [-0.2, -0.15) is 0 Å². The average Bonchev–Trinajstić information content (AvgIpc) is 2.63. The molecule has 1 aromatic heterocycles. The molecule has 90 valence electrons. The summed E-state index contributed by atoms with van der Waals surface area (Å²) in [5.74, 6) is 0. The van der Waals surface area contributed by atoms with Gasteiger partial charge < -0.3 is 0 Å². The highest BCUT2D eigenvalue weighted by Crippen LogP contribution is 2.33. The summed E-state index contributed by atoms with van der Waals surface area (Å²) >= 11 is 0. The largest absolute Gasteiger partial charge is 0.298 e. The van der Waals surface area contributed by atoms with E-state index in [1.807, 2.05) is 11.6 Å². The van der Waals surface area contributed by atoms with Crippen LogP contribution in [0.2, 0.25) is 0 Å². The van der Waals surface area contributed by atoms with E-state index >= 15 is 0 Å². The Morgan fingerprint density at radius 1 is 1.50 bits per heavy atom. The van der Waals surface area contributed by atoms with Crippen LogP contribution in [0.15, 0.2) is 6.20 Å². The first kappa shape index (κ1) is 11.6. The molecule has 2 heterocycles. The number of piperidine rings is 1. The van der Waals surface area contributed by atoms with Crippen LogP contribution in [0, 0.1) is 6.92 Å². The lowest BCUT2D eigenvalue weighted by Gasteiger charge is -2.45. The van der Waals surface area contributed by atoms with Gasteiger partial charge in [-0.15, -0.1) is 5.10 Å². The fourth-order valence-corrected chi connectivity index (χ4v) is 2.77. The fraction of sp³-hybridized carbons (Fsp3) is 0.833. The van der Waals surface area contributed by atoms with E-state index < -0.39 is 0 Å². The van der Waals surface area contributed by atoms with Gasteiger partial charge in [0.05, 0.1) is 11.7 Å². The van der Waals surface area contributed by atoms with Crippen LogP contribution < -0.4 is 0 Å². The maximum absolute atomic E-state index is 4.20. The molecule has 1 fully saturated rings. The highest BCUT2D eigenvalue weighted by atomic mass is 15.4. The lowest BCUT2D eigenvalue weighted by Crippen LogP contribution is -2.50. The quantitative estimate of drug-likeness (QED) is 0.767. The molecule has 16 heavy (non-hydrogen) atoms. The van der Waals surface area contributed by atoms with Crippen molar-refractivity contribution in [1.82, 2.24) is 19.9 Å². The summed E-state index contributed by atoms with van der Waals surface area (Å²) in [6.45, 7) is 11.2. The zero-order valence-corrected chi connectivity index (χ0v) is 10.8. The van der Waals surface area contributed by atoms with Crippen LogP contribution in [0.3, 0.4) is 0 Å². The van der Waals surface area contributed by atoms with Gasteiger partial charge in [0.2, 0.25) is 0 Å². The number of hydrogen-bond donors (Lipinski definition) is 0. The zero-order valence-electron chi connectivity index (χ0n) is 10.8. The number of hydrogen-bond acceptors (Lipinski definition) is 3. The minimum absolute atomic E-state index is 0.275. The lowest BCUT2D eigenvalue weighted by atomic mass is 9.87. The summed E-state index contributed by atoms with van der Waals surface area (Å²) in [5, 5.41) is 8.28. The van der Waals surface area contributed by atoms with Crippen molar-refractivity contribution in [3.05, 3.63) is 11.9 Å². The van der Waals surface area contributed by atoms with E-state index in [0.717, 1.165) is 25.2 Å². The minimum Gasteiger partial charge on any atom is -0.298 e. The van der Waals surface area contributed by atoms with Crippen LogP contribution in [0.25, 0.3) is 0 Å². The van der Waals surface area contributed by atoms with Crippen LogP contribution in [-0.4, -0.2) is 38.5 Å². The second kappa shape index (κ2) is 4.17. The van der Waals surface area contributed by atoms with E-state index in [9.17, 15) is 0 Å². The molecule has 0 radical (unpaired) electrons. The summed E-state index contributed by atoms with van der Waals surface area (Å²) in [6.07, 6.45) is 4.39. The Kier molecular flexibility index (Phi) is 3.02. The lowest BCUT2D eigenvalue weighted by molar-refractivity contribution is 0.0513. The Morgan fingerprint density at radius 2 is 2.25 bits per heavy atom. The smallest absolute Gasteiger partial charge is 0.0796 e. The van der Waals surface area contributed by atoms with Crippen LogP contribution in [-0.2, 0) is 0 Å². The summed E-state index contributed by atoms with van der Waals surface area (Å²) in [7, 11) is 0. The van der Waals surface area contributed by atoms with E-state index in [2.05, 4.69) is 42.2 Å². The summed E-state index contributed by atoms with van der Waals surface area (Å²) in [5.41, 5.74) is 1.29. The monoisotopic (exact) mass is 222 g/mol. The van der Waals surface area contributed by atoms with Crippen molar-refractivity contribution < 1.29 is 0 Å². The molecule has 4 nitrogen and oxygen atoms in total. The van der Waals surface area contributed by atoms with E-state index in [1.54, 1.807) is 0 Å². The molecule has 1 unspecified atom stereocenters. The summed E-state index contributed by atoms with van der Waals surface area (Å²) in [6, 6.07) is 0.513. The molecule has 4 heteroatoms. The third kappa shape index (κ3) is 2.12. The average molecular weight is 222 g/mol. The predicted molar refractivity (Wildman–Crippen MR) is 64.4 cm³/mol. The van der Waals surface area contributed by atoms with E-state index in [-0.39, 0.29) is 5.54 Å². The molecule has 0 amide bonds. The van der Waals surface area contributed by atoms with Crippen molar-refractivity contribution >= 4 is 0 Å². The molecule has 1 aliphatic heterocycles. The third-order valence-electron chi connectivity index (χ3n) is 3.70. The van der Waals surface area contributed by atoms with Gasteiger partial charge in [0, 0.05) is 18.3 Å². The molecule has 1 aromatic rings. The summed E-state index contributed by atoms with van der Waals surface area (Å²) in [4.78, 5) is 2.55. The molecule has 0 spiro atoms. The van der Waals surface area contributed by atoms with Crippen molar-refractivity contribution in [2.45, 2.75) is 52.1 Å². The standard InChI is InChI=1S/C12H22N4/c1-5-15-7-6-11(8-12(15,3)4)16-9-10(2)13-14-16/h9,11H,5-8H2,1-4H3. The molecular formula is C12H22N4. The molecule has 0 aliphatic carbocycles. The minimum atomic E-state index is 0.275. The predicted octanol–water partition coefficient (Wildman–Crippen LogP) is 2.02. The Balaban J connectivity index is 2.11. The Hall–Kier alpha value is -0.900. The van der Waals surface area contributed by atoms with Gasteiger partial charge in [-0.05, 0) is 40.2 Å². The van der Waals surface area contributed by atoms with E-state index in [4.69, 9.17) is 0 Å². The topological polar surface area (TPSA) is 34.0 Å². The van der Waals surface area contributed by atoms with Gasteiger partial charge in [0.15, 0.2) is 0 Å². The Labute approximate surface area is 97.6 Å². The molecule has 1 aliphatic rings. The number of aromatic nitrogens is 3. The molecule has 1 atom stereocenters. The molecule has 2 rings (SSSR count). The van der Waals surface area contributed by atoms with Crippen molar-refractivity contribution in [1.29, 1.82) is 0 Å². The van der Waals surface area contributed by atoms with Crippen LogP contribution in [0.5, 0.6) is 0 Å². The van der Waals surface area contributed by atoms with E-state index in [1.165, 1.54) is 6.42 Å². The molecule has 0 N–H and O–H groups in total. The fourth-order valence-electron chi connectivity index (χ4n) is 2.77. The van der Waals surface area contributed by atoms with Gasteiger partial charge in [-0.3, -0.25) is 4.90 Å². The highest BCUT2D eigenvalue weighted by molar-refractivity contribution is 4.94. The molecule has 0 saturated carbocycles. The molecular weight excluding hydrogens is 200 g/mol. The number of nitrogens with zero attached hydrogens (tertiary/aromatic N) is 4. The van der Waals surface area contributed by atoms with Gasteiger partial charge >= 0.3 is 0 Å². The third-order valence-corrected chi connectivity index (χ3v) is 3.70. The van der Waals surface area contributed by atoms with Crippen LogP contribution in [0.1, 0.15) is 45.3 Å². The van der Waals surface area contributed by atoms with Gasteiger partial charge in [0.25, 0.3) is 0 Å². The number of likely N-dealkylation sites (tertiary alicyclic amines) is 1. The van der Waals surface area contributed by atoms with Crippen LogP contribution >= 0.6 is 0 Å². The number of aryl methyl sites for hydroxylation is 1. The SMILES string of the molecule is CCN1CCC(n2cc(C)nn2)CC1(C)C. The van der Waals surface area contributed by atoms with Gasteiger partial charge in [0.1, 0.15) is 0 Å².